The van der Waals surface area contributed by atoms with Crippen molar-refractivity contribution in [2.75, 3.05) is 22.9 Å². The fourth-order valence-corrected chi connectivity index (χ4v) is 6.59. The van der Waals surface area contributed by atoms with E-state index in [-0.39, 0.29) is 35.5 Å². The Balaban J connectivity index is 1.47. The number of nitrogens with zero attached hydrogens (tertiary/aromatic N) is 2. The van der Waals surface area contributed by atoms with E-state index in [0.29, 0.717) is 0 Å². The van der Waals surface area contributed by atoms with Crippen LogP contribution in [0.1, 0.15) is 53.5 Å². The number of imide groups is 1. The van der Waals surface area contributed by atoms with Gasteiger partial charge in [0.05, 0.1) is 17.5 Å². The second kappa shape index (κ2) is 7.31. The Morgan fingerprint density at radius 3 is 1.58 bits per heavy atom. The van der Waals surface area contributed by atoms with Gasteiger partial charge in [0.25, 0.3) is 0 Å². The summed E-state index contributed by atoms with van der Waals surface area (Å²) in [5.41, 5.74) is 7.64. The van der Waals surface area contributed by atoms with Crippen molar-refractivity contribution in [3.8, 4) is 0 Å². The number of rotatable bonds is 4. The maximum atomic E-state index is 13.9. The summed E-state index contributed by atoms with van der Waals surface area (Å²) < 4.78 is 0. The average Bonchev–Trinajstić information content (AvgIpc) is 3.11. The van der Waals surface area contributed by atoms with Gasteiger partial charge in [-0.1, -0.05) is 48.5 Å². The zero-order chi connectivity index (χ0) is 22.9. The molecule has 2 bridgehead atoms. The molecule has 0 aromatic heterocycles. The van der Waals surface area contributed by atoms with Crippen molar-refractivity contribution < 1.29 is 9.59 Å². The highest BCUT2D eigenvalue weighted by atomic mass is 16.2. The van der Waals surface area contributed by atoms with Crippen LogP contribution in [0, 0.1) is 18.8 Å². The smallest absolute Gasteiger partial charge is 0.238 e. The largest absolute Gasteiger partial charge is 0.372 e. The number of aryl methyl sites for hydroxylation is 1. The number of benzene rings is 3. The Labute approximate surface area is 194 Å². The van der Waals surface area contributed by atoms with E-state index in [4.69, 9.17) is 0 Å². The molecule has 0 radical (unpaired) electrons. The second-order valence-electron chi connectivity index (χ2n) is 9.42. The molecular weight excluding hydrogens is 408 g/mol. The Kier molecular flexibility index (Phi) is 4.48. The standard InChI is InChI=1S/C29H28N2O2/c1-4-30(5-2)18-14-15-23(17(3)16-18)31-28(32)26-24-19-10-6-7-11-20(19)25(27(26)29(31)33)22-13-9-8-12-21(22)24/h6-16,24-27H,4-5H2,1-3H3. The van der Waals surface area contributed by atoms with Crippen molar-refractivity contribution in [2.24, 2.45) is 11.8 Å². The van der Waals surface area contributed by atoms with Crippen LogP contribution in [-0.4, -0.2) is 24.9 Å². The molecule has 1 aliphatic heterocycles. The van der Waals surface area contributed by atoms with Gasteiger partial charge in [0.15, 0.2) is 0 Å². The molecular formula is C29H28N2O2. The van der Waals surface area contributed by atoms with Gasteiger partial charge in [-0.25, -0.2) is 4.90 Å². The van der Waals surface area contributed by atoms with Crippen molar-refractivity contribution in [3.63, 3.8) is 0 Å². The summed E-state index contributed by atoms with van der Waals surface area (Å²) in [4.78, 5) is 31.6. The van der Waals surface area contributed by atoms with Crippen LogP contribution in [0.5, 0.6) is 0 Å². The van der Waals surface area contributed by atoms with Gasteiger partial charge in [-0.15, -0.1) is 0 Å². The van der Waals surface area contributed by atoms with E-state index in [1.54, 1.807) is 0 Å². The number of hydrogen-bond donors (Lipinski definition) is 0. The zero-order valence-electron chi connectivity index (χ0n) is 19.3. The Morgan fingerprint density at radius 1 is 0.727 bits per heavy atom. The highest BCUT2D eigenvalue weighted by Crippen LogP contribution is 2.61. The summed E-state index contributed by atoms with van der Waals surface area (Å²) >= 11 is 0. The first-order valence-electron chi connectivity index (χ1n) is 12.0. The molecule has 1 heterocycles. The van der Waals surface area contributed by atoms with Gasteiger partial charge in [-0.05, 0) is 66.8 Å². The minimum absolute atomic E-state index is 0.0531. The normalized spacial score (nSPS) is 24.5. The average molecular weight is 437 g/mol. The van der Waals surface area contributed by atoms with Gasteiger partial charge in [-0.3, -0.25) is 9.59 Å². The van der Waals surface area contributed by atoms with Gasteiger partial charge in [0.1, 0.15) is 0 Å². The fraction of sp³-hybridized carbons (Fsp3) is 0.310. The van der Waals surface area contributed by atoms with Crippen molar-refractivity contribution >= 4 is 23.2 Å². The number of carbonyl (C=O) groups excluding carboxylic acids is 2. The fourth-order valence-electron chi connectivity index (χ4n) is 6.59. The van der Waals surface area contributed by atoms with E-state index in [1.165, 1.54) is 27.2 Å². The molecule has 2 amide bonds. The molecule has 4 nitrogen and oxygen atoms in total. The van der Waals surface area contributed by atoms with Gasteiger partial charge in [0, 0.05) is 30.6 Å². The monoisotopic (exact) mass is 436 g/mol. The molecule has 0 saturated carbocycles. The number of hydrogen-bond acceptors (Lipinski definition) is 3. The topological polar surface area (TPSA) is 40.6 Å². The molecule has 2 unspecified atom stereocenters. The summed E-state index contributed by atoms with van der Waals surface area (Å²) in [6.07, 6.45) is 0. The van der Waals surface area contributed by atoms with E-state index in [2.05, 4.69) is 49.1 Å². The molecule has 0 N–H and O–H groups in total. The highest BCUT2D eigenvalue weighted by molar-refractivity contribution is 6.23. The molecule has 7 rings (SSSR count). The molecule has 0 spiro atoms. The lowest BCUT2D eigenvalue weighted by molar-refractivity contribution is -0.122. The van der Waals surface area contributed by atoms with Gasteiger partial charge in [-0.2, -0.15) is 0 Å². The van der Waals surface area contributed by atoms with Gasteiger partial charge in [0.2, 0.25) is 11.8 Å². The maximum absolute atomic E-state index is 13.9. The first kappa shape index (κ1) is 20.2. The minimum Gasteiger partial charge on any atom is -0.372 e. The summed E-state index contributed by atoms with van der Waals surface area (Å²) in [5.74, 6) is -0.915. The van der Waals surface area contributed by atoms with Crippen LogP contribution >= 0.6 is 0 Å². The Morgan fingerprint density at radius 2 is 1.18 bits per heavy atom. The second-order valence-corrected chi connectivity index (χ2v) is 9.42. The van der Waals surface area contributed by atoms with Crippen molar-refractivity contribution in [1.82, 2.24) is 0 Å². The third kappa shape index (κ3) is 2.64. The van der Waals surface area contributed by atoms with Crippen LogP contribution in [0.2, 0.25) is 0 Å². The zero-order valence-corrected chi connectivity index (χ0v) is 19.3. The molecule has 4 aliphatic rings. The van der Waals surface area contributed by atoms with Crippen molar-refractivity contribution in [2.45, 2.75) is 32.6 Å². The first-order chi connectivity index (χ1) is 16.1. The quantitative estimate of drug-likeness (QED) is 0.526. The highest BCUT2D eigenvalue weighted by Gasteiger charge is 2.61. The van der Waals surface area contributed by atoms with Crippen LogP contribution < -0.4 is 9.80 Å². The third-order valence-electron chi connectivity index (χ3n) is 8.00. The van der Waals surface area contributed by atoms with Crippen LogP contribution in [-0.2, 0) is 9.59 Å². The molecule has 4 heteroatoms. The van der Waals surface area contributed by atoms with Crippen LogP contribution in [0.15, 0.2) is 66.7 Å². The predicted molar refractivity (Wildman–Crippen MR) is 131 cm³/mol. The maximum Gasteiger partial charge on any atom is 0.238 e. The SMILES string of the molecule is CCN(CC)c1ccc(N2C(=O)C3C4c5ccccc5C(c5ccccc54)C3C2=O)c(C)c1. The summed E-state index contributed by atoms with van der Waals surface area (Å²) in [6.45, 7) is 8.11. The summed E-state index contributed by atoms with van der Waals surface area (Å²) in [7, 11) is 0. The lowest BCUT2D eigenvalue weighted by atomic mass is 9.55. The molecule has 1 saturated heterocycles. The molecule has 166 valence electrons. The third-order valence-corrected chi connectivity index (χ3v) is 8.00. The summed E-state index contributed by atoms with van der Waals surface area (Å²) in [5, 5.41) is 0. The van der Waals surface area contributed by atoms with Crippen LogP contribution in [0.3, 0.4) is 0 Å². The molecule has 3 aromatic carbocycles. The Bertz CT molecular complexity index is 1180. The van der Waals surface area contributed by atoms with E-state index in [9.17, 15) is 9.59 Å². The van der Waals surface area contributed by atoms with E-state index >= 15 is 0 Å². The molecule has 33 heavy (non-hydrogen) atoms. The van der Waals surface area contributed by atoms with Gasteiger partial charge >= 0.3 is 0 Å². The Hall–Kier alpha value is -3.40. The van der Waals surface area contributed by atoms with Crippen LogP contribution in [0.25, 0.3) is 0 Å². The van der Waals surface area contributed by atoms with E-state index < -0.39 is 0 Å². The number of carbonyl (C=O) groups is 2. The van der Waals surface area contributed by atoms with Crippen molar-refractivity contribution in [3.05, 3.63) is 94.5 Å². The summed E-state index contributed by atoms with van der Waals surface area (Å²) in [6, 6.07) is 22.9. The van der Waals surface area contributed by atoms with Crippen molar-refractivity contribution in [1.29, 1.82) is 0 Å². The number of anilines is 2. The predicted octanol–water partition coefficient (Wildman–Crippen LogP) is 5.24. The minimum atomic E-state index is -0.339. The van der Waals surface area contributed by atoms with E-state index in [0.717, 1.165) is 30.0 Å². The van der Waals surface area contributed by atoms with Gasteiger partial charge < -0.3 is 4.90 Å². The molecule has 3 aromatic rings. The molecule has 3 aliphatic carbocycles. The first-order valence-corrected chi connectivity index (χ1v) is 12.0. The molecule has 1 fully saturated rings. The number of amides is 2. The lowest BCUT2D eigenvalue weighted by Gasteiger charge is -2.45. The lowest BCUT2D eigenvalue weighted by Crippen LogP contribution is -2.41. The van der Waals surface area contributed by atoms with Crippen LogP contribution in [0.4, 0.5) is 11.4 Å². The molecule has 2 atom stereocenters. The van der Waals surface area contributed by atoms with E-state index in [1.807, 2.05) is 43.3 Å².